The second-order valence-corrected chi connectivity index (χ2v) is 3.33. The van der Waals surface area contributed by atoms with Crippen LogP contribution in [0.2, 0.25) is 0 Å². The van der Waals surface area contributed by atoms with Gasteiger partial charge in [-0.05, 0) is 31.7 Å². The molecule has 2 aliphatic rings. The first-order valence-electron chi connectivity index (χ1n) is 4.28. The highest BCUT2D eigenvalue weighted by Gasteiger charge is 2.27. The second kappa shape index (κ2) is 4.29. The average Bonchev–Trinajstić information content (AvgIpc) is 2.59. The molecule has 0 aromatic carbocycles. The van der Waals surface area contributed by atoms with Crippen LogP contribution in [-0.2, 0) is 4.74 Å². The SMILES string of the molecule is C1CNC(C2CCOC2)C1.Cl. The van der Waals surface area contributed by atoms with Gasteiger partial charge in [-0.3, -0.25) is 0 Å². The minimum Gasteiger partial charge on any atom is -0.381 e. The first-order valence-corrected chi connectivity index (χ1v) is 4.28. The van der Waals surface area contributed by atoms with E-state index in [9.17, 15) is 0 Å². The Morgan fingerprint density at radius 2 is 2.18 bits per heavy atom. The molecule has 0 amide bonds. The average molecular weight is 178 g/mol. The lowest BCUT2D eigenvalue weighted by molar-refractivity contribution is 0.179. The lowest BCUT2D eigenvalue weighted by atomic mass is 9.98. The molecule has 2 unspecified atom stereocenters. The fourth-order valence-corrected chi connectivity index (χ4v) is 1.98. The Morgan fingerprint density at radius 1 is 1.27 bits per heavy atom. The van der Waals surface area contributed by atoms with Crippen molar-refractivity contribution in [2.24, 2.45) is 5.92 Å². The zero-order valence-electron chi connectivity index (χ0n) is 6.71. The molecule has 2 atom stereocenters. The van der Waals surface area contributed by atoms with Gasteiger partial charge in [-0.15, -0.1) is 12.4 Å². The van der Waals surface area contributed by atoms with Gasteiger partial charge in [0, 0.05) is 12.6 Å². The molecular weight excluding hydrogens is 162 g/mol. The number of halogens is 1. The number of nitrogens with one attached hydrogen (secondary N) is 1. The van der Waals surface area contributed by atoms with Gasteiger partial charge in [0.25, 0.3) is 0 Å². The summed E-state index contributed by atoms with van der Waals surface area (Å²) in [5.74, 6) is 0.822. The standard InChI is InChI=1S/C8H15NO.ClH/c1-2-8(9-4-1)7-3-5-10-6-7;/h7-9H,1-6H2;1H. The summed E-state index contributed by atoms with van der Waals surface area (Å²) in [6, 6.07) is 0.780. The molecule has 2 aliphatic heterocycles. The Bertz CT molecular complexity index is 94.7. The van der Waals surface area contributed by atoms with Gasteiger partial charge in [0.05, 0.1) is 6.61 Å². The summed E-state index contributed by atoms with van der Waals surface area (Å²) in [4.78, 5) is 0. The molecule has 0 radical (unpaired) electrons. The number of ether oxygens (including phenoxy) is 1. The van der Waals surface area contributed by atoms with E-state index in [2.05, 4.69) is 5.32 Å². The van der Waals surface area contributed by atoms with Gasteiger partial charge < -0.3 is 10.1 Å². The largest absolute Gasteiger partial charge is 0.381 e. The number of rotatable bonds is 1. The fraction of sp³-hybridized carbons (Fsp3) is 1.00. The Balaban J connectivity index is 0.000000605. The highest BCUT2D eigenvalue weighted by molar-refractivity contribution is 5.85. The first kappa shape index (κ1) is 9.30. The maximum atomic E-state index is 5.33. The topological polar surface area (TPSA) is 21.3 Å². The van der Waals surface area contributed by atoms with Crippen molar-refractivity contribution in [2.45, 2.75) is 25.3 Å². The van der Waals surface area contributed by atoms with Crippen LogP contribution in [0.4, 0.5) is 0 Å². The normalized spacial score (nSPS) is 37.1. The lowest BCUT2D eigenvalue weighted by Gasteiger charge is -2.15. The molecule has 0 saturated carbocycles. The Hall–Kier alpha value is 0.210. The number of hydrogen-bond donors (Lipinski definition) is 1. The summed E-state index contributed by atoms with van der Waals surface area (Å²) in [6.07, 6.45) is 4.01. The Morgan fingerprint density at radius 3 is 2.73 bits per heavy atom. The molecule has 0 aromatic rings. The first-order chi connectivity index (χ1) is 4.97. The van der Waals surface area contributed by atoms with Crippen LogP contribution < -0.4 is 5.32 Å². The van der Waals surface area contributed by atoms with Crippen molar-refractivity contribution in [1.82, 2.24) is 5.32 Å². The molecule has 2 fully saturated rings. The van der Waals surface area contributed by atoms with Crippen LogP contribution in [0.5, 0.6) is 0 Å². The maximum Gasteiger partial charge on any atom is 0.0510 e. The van der Waals surface area contributed by atoms with Gasteiger partial charge in [0.1, 0.15) is 0 Å². The van der Waals surface area contributed by atoms with Gasteiger partial charge in [-0.25, -0.2) is 0 Å². The van der Waals surface area contributed by atoms with E-state index in [0.29, 0.717) is 0 Å². The van der Waals surface area contributed by atoms with Crippen LogP contribution in [0.3, 0.4) is 0 Å². The highest BCUT2D eigenvalue weighted by Crippen LogP contribution is 2.22. The van der Waals surface area contributed by atoms with Gasteiger partial charge in [0.15, 0.2) is 0 Å². The summed E-state index contributed by atoms with van der Waals surface area (Å²) in [6.45, 7) is 3.21. The Kier molecular flexibility index (Phi) is 3.63. The number of hydrogen-bond acceptors (Lipinski definition) is 2. The molecule has 3 heteroatoms. The maximum absolute atomic E-state index is 5.33. The van der Waals surface area contributed by atoms with Crippen LogP contribution in [0.25, 0.3) is 0 Å². The molecule has 2 heterocycles. The molecular formula is C8H16ClNO. The van der Waals surface area contributed by atoms with E-state index in [1.807, 2.05) is 0 Å². The molecule has 66 valence electrons. The zero-order chi connectivity index (χ0) is 6.81. The van der Waals surface area contributed by atoms with Crippen LogP contribution in [-0.4, -0.2) is 25.8 Å². The van der Waals surface area contributed by atoms with E-state index in [-0.39, 0.29) is 12.4 Å². The van der Waals surface area contributed by atoms with E-state index in [4.69, 9.17) is 4.74 Å². The van der Waals surface area contributed by atoms with Crippen LogP contribution >= 0.6 is 12.4 Å². The van der Waals surface area contributed by atoms with Crippen molar-refractivity contribution in [3.05, 3.63) is 0 Å². The fourth-order valence-electron chi connectivity index (χ4n) is 1.98. The molecule has 11 heavy (non-hydrogen) atoms. The molecule has 0 aliphatic carbocycles. The molecule has 0 aromatic heterocycles. The molecule has 1 N–H and O–H groups in total. The second-order valence-electron chi connectivity index (χ2n) is 3.33. The quantitative estimate of drug-likeness (QED) is 0.650. The minimum atomic E-state index is 0. The van der Waals surface area contributed by atoms with Gasteiger partial charge in [-0.2, -0.15) is 0 Å². The third-order valence-electron chi connectivity index (χ3n) is 2.63. The van der Waals surface area contributed by atoms with Crippen molar-refractivity contribution in [3.63, 3.8) is 0 Å². The minimum absolute atomic E-state index is 0. The smallest absolute Gasteiger partial charge is 0.0510 e. The van der Waals surface area contributed by atoms with E-state index in [1.165, 1.54) is 25.8 Å². The summed E-state index contributed by atoms with van der Waals surface area (Å²) >= 11 is 0. The molecule has 2 saturated heterocycles. The molecule has 0 spiro atoms. The third kappa shape index (κ3) is 2.08. The van der Waals surface area contributed by atoms with Crippen molar-refractivity contribution in [2.75, 3.05) is 19.8 Å². The summed E-state index contributed by atoms with van der Waals surface area (Å²) < 4.78 is 5.33. The summed E-state index contributed by atoms with van der Waals surface area (Å²) in [7, 11) is 0. The Labute approximate surface area is 74.1 Å². The van der Waals surface area contributed by atoms with E-state index in [0.717, 1.165) is 25.2 Å². The molecule has 2 rings (SSSR count). The van der Waals surface area contributed by atoms with Gasteiger partial charge in [-0.1, -0.05) is 0 Å². The van der Waals surface area contributed by atoms with Crippen molar-refractivity contribution < 1.29 is 4.74 Å². The van der Waals surface area contributed by atoms with E-state index >= 15 is 0 Å². The third-order valence-corrected chi connectivity index (χ3v) is 2.63. The van der Waals surface area contributed by atoms with Crippen LogP contribution in [0.15, 0.2) is 0 Å². The van der Waals surface area contributed by atoms with Crippen molar-refractivity contribution >= 4 is 12.4 Å². The predicted molar refractivity (Wildman–Crippen MR) is 47.2 cm³/mol. The predicted octanol–water partition coefficient (Wildman–Crippen LogP) is 1.20. The van der Waals surface area contributed by atoms with Crippen molar-refractivity contribution in [3.8, 4) is 0 Å². The lowest BCUT2D eigenvalue weighted by Crippen LogP contribution is -2.30. The van der Waals surface area contributed by atoms with Gasteiger partial charge >= 0.3 is 0 Å². The van der Waals surface area contributed by atoms with Crippen molar-refractivity contribution in [1.29, 1.82) is 0 Å². The monoisotopic (exact) mass is 177 g/mol. The van der Waals surface area contributed by atoms with Gasteiger partial charge in [0.2, 0.25) is 0 Å². The van der Waals surface area contributed by atoms with E-state index < -0.39 is 0 Å². The zero-order valence-corrected chi connectivity index (χ0v) is 7.53. The molecule has 2 nitrogen and oxygen atoms in total. The van der Waals surface area contributed by atoms with Crippen LogP contribution in [0, 0.1) is 5.92 Å². The van der Waals surface area contributed by atoms with E-state index in [1.54, 1.807) is 0 Å². The summed E-state index contributed by atoms with van der Waals surface area (Å²) in [5, 5.41) is 3.52. The molecule has 0 bridgehead atoms. The summed E-state index contributed by atoms with van der Waals surface area (Å²) in [5.41, 5.74) is 0. The van der Waals surface area contributed by atoms with Crippen LogP contribution in [0.1, 0.15) is 19.3 Å². The highest BCUT2D eigenvalue weighted by atomic mass is 35.5.